The van der Waals surface area contributed by atoms with Gasteiger partial charge in [-0.1, -0.05) is 42.0 Å². The van der Waals surface area contributed by atoms with Crippen molar-refractivity contribution < 1.29 is 34.1 Å². The van der Waals surface area contributed by atoms with Gasteiger partial charge in [0.1, 0.15) is 0 Å². The molecule has 8 nitrogen and oxygen atoms in total. The van der Waals surface area contributed by atoms with Crippen molar-refractivity contribution in [2.75, 3.05) is 13.7 Å². The molecule has 0 aromatic heterocycles. The number of hydrogen-bond donors (Lipinski definition) is 3. The molecule has 2 fully saturated rings. The third-order valence-electron chi connectivity index (χ3n) is 4.95. The summed E-state index contributed by atoms with van der Waals surface area (Å²) in [4.78, 5) is 36.5. The van der Waals surface area contributed by atoms with Crippen molar-refractivity contribution in [1.29, 1.82) is 0 Å². The maximum atomic E-state index is 12.7. The minimum Gasteiger partial charge on any atom is -0.465 e. The summed E-state index contributed by atoms with van der Waals surface area (Å²) in [5.74, 6) is -1.64. The molecule has 0 unspecified atom stereocenters. The zero-order chi connectivity index (χ0) is 22.5. The predicted molar refractivity (Wildman–Crippen MR) is 109 cm³/mol. The van der Waals surface area contributed by atoms with Gasteiger partial charge < -0.3 is 25.0 Å². The predicted octanol–water partition coefficient (Wildman–Crippen LogP) is 1.02. The number of amides is 1. The molecule has 0 aliphatic carbocycles. The Labute approximate surface area is 175 Å². The maximum Gasteiger partial charge on any atom is 0.337 e. The van der Waals surface area contributed by atoms with E-state index in [2.05, 4.69) is 10.1 Å². The summed E-state index contributed by atoms with van der Waals surface area (Å²) in [5, 5.41) is 21.7. The van der Waals surface area contributed by atoms with Crippen LogP contribution < -0.4 is 5.32 Å². The molecule has 0 radical (unpaired) electrons. The molecule has 2 rings (SSSR count). The molecular formula is C22H27NO7. The third-order valence-corrected chi connectivity index (χ3v) is 4.95. The molecule has 1 amide bonds. The van der Waals surface area contributed by atoms with Crippen LogP contribution in [-0.4, -0.2) is 59.0 Å². The number of ether oxygens (including phenoxy) is 2. The van der Waals surface area contributed by atoms with Crippen molar-refractivity contribution in [3.05, 3.63) is 59.3 Å². The number of allylic oxidation sites excluding steroid dienone is 7. The number of carbonyl (C=O) groups excluding carboxylic acids is 3. The second kappa shape index (κ2) is 9.34. The number of carbonyl (C=O) groups is 3. The summed E-state index contributed by atoms with van der Waals surface area (Å²) in [7, 11) is 1.32. The Balaban J connectivity index is 2.01. The van der Waals surface area contributed by atoms with Crippen molar-refractivity contribution in [1.82, 2.24) is 5.32 Å². The Bertz CT molecular complexity index is 880. The molecule has 8 heteroatoms. The van der Waals surface area contributed by atoms with Crippen LogP contribution >= 0.6 is 0 Å². The number of aliphatic hydroxyl groups excluding tert-OH is 1. The first-order chi connectivity index (χ1) is 14.2. The van der Waals surface area contributed by atoms with Gasteiger partial charge >= 0.3 is 5.97 Å². The van der Waals surface area contributed by atoms with Gasteiger partial charge in [-0.3, -0.25) is 9.59 Å². The van der Waals surface area contributed by atoms with Gasteiger partial charge in [0.25, 0.3) is 5.91 Å². The number of Topliss-reactive ketones (excluding diaryl/α,β-unsaturated/α-hetero) is 1. The number of aliphatic hydroxyl groups is 2. The molecular weight excluding hydrogens is 390 g/mol. The standard InChI is InChI=1S/C22H27NO7/c1-5-16(18(26)29-4)13-14(2)9-7-6-8-10-15(3)17(25)22-19(30-22)21(28,11-12-24)23-20(22)27/h5-10,13,19,24,28H,11-12H2,1-4H3,(H,23,27)/b8-6-,9-7+,14-13+,15-10+,16-5+/t19-,21-,22-/m0/s1. The largest absolute Gasteiger partial charge is 0.465 e. The van der Waals surface area contributed by atoms with E-state index in [1.807, 2.05) is 6.92 Å². The Kier molecular flexibility index (Phi) is 7.30. The molecule has 0 bridgehead atoms. The van der Waals surface area contributed by atoms with E-state index in [4.69, 9.17) is 9.84 Å². The van der Waals surface area contributed by atoms with Crippen molar-refractivity contribution in [3.8, 4) is 0 Å². The Hall–Kier alpha value is -2.81. The average molecular weight is 417 g/mol. The molecule has 30 heavy (non-hydrogen) atoms. The number of morpholine rings is 1. The number of methoxy groups -OCH3 is 1. The molecule has 2 heterocycles. The highest BCUT2D eigenvalue weighted by Crippen LogP contribution is 2.50. The second-order valence-corrected chi connectivity index (χ2v) is 7.13. The van der Waals surface area contributed by atoms with E-state index in [9.17, 15) is 19.5 Å². The third kappa shape index (κ3) is 4.51. The van der Waals surface area contributed by atoms with Gasteiger partial charge in [0.2, 0.25) is 11.4 Å². The van der Waals surface area contributed by atoms with Gasteiger partial charge in [-0.25, -0.2) is 4.79 Å². The number of hydrogen-bond acceptors (Lipinski definition) is 7. The Morgan fingerprint density at radius 1 is 1.27 bits per heavy atom. The van der Waals surface area contributed by atoms with E-state index >= 15 is 0 Å². The lowest BCUT2D eigenvalue weighted by Gasteiger charge is -2.22. The zero-order valence-corrected chi connectivity index (χ0v) is 17.5. The molecule has 162 valence electrons. The first kappa shape index (κ1) is 23.5. The quantitative estimate of drug-likeness (QED) is 0.168. The van der Waals surface area contributed by atoms with Crippen LogP contribution in [0.1, 0.15) is 27.2 Å². The molecule has 0 aromatic rings. The van der Waals surface area contributed by atoms with Gasteiger partial charge in [-0.05, 0) is 32.4 Å². The molecule has 2 saturated heterocycles. The summed E-state index contributed by atoms with van der Waals surface area (Å²) in [5.41, 5.74) is -1.89. The van der Waals surface area contributed by atoms with Gasteiger partial charge in [-0.2, -0.15) is 0 Å². The Morgan fingerprint density at radius 3 is 2.53 bits per heavy atom. The lowest BCUT2D eigenvalue weighted by molar-refractivity contribution is -0.138. The van der Waals surface area contributed by atoms with Gasteiger partial charge in [0.15, 0.2) is 11.8 Å². The van der Waals surface area contributed by atoms with Gasteiger partial charge in [0.05, 0.1) is 12.7 Å². The lowest BCUT2D eigenvalue weighted by atomic mass is 9.92. The van der Waals surface area contributed by atoms with E-state index in [-0.39, 0.29) is 13.0 Å². The monoisotopic (exact) mass is 417 g/mol. The van der Waals surface area contributed by atoms with Crippen LogP contribution in [0, 0.1) is 0 Å². The van der Waals surface area contributed by atoms with E-state index < -0.39 is 35.1 Å². The lowest BCUT2D eigenvalue weighted by Crippen LogP contribution is -2.48. The molecule has 2 aliphatic rings. The number of epoxide rings is 1. The topological polar surface area (TPSA) is 125 Å². The van der Waals surface area contributed by atoms with Crippen molar-refractivity contribution in [2.45, 2.75) is 44.6 Å². The minimum absolute atomic E-state index is 0.121. The first-order valence-electron chi connectivity index (χ1n) is 9.49. The van der Waals surface area contributed by atoms with Crippen molar-refractivity contribution >= 4 is 17.7 Å². The van der Waals surface area contributed by atoms with E-state index in [1.165, 1.54) is 7.11 Å². The SMILES string of the molecule is C\C=C(/C=C(C)/C=C/C=C\C=C(/C)C(=O)[C@]12O[C@H]1[C@@](O)(CCO)NC2=O)C(=O)OC. The molecule has 2 aliphatic heterocycles. The summed E-state index contributed by atoms with van der Waals surface area (Å²) in [6, 6.07) is 0. The highest BCUT2D eigenvalue weighted by Gasteiger charge is 2.80. The zero-order valence-electron chi connectivity index (χ0n) is 17.5. The normalized spacial score (nSPS) is 29.3. The summed E-state index contributed by atoms with van der Waals surface area (Å²) in [6.45, 7) is 4.78. The molecule has 0 spiro atoms. The van der Waals surface area contributed by atoms with Crippen LogP contribution in [0.3, 0.4) is 0 Å². The van der Waals surface area contributed by atoms with E-state index in [0.29, 0.717) is 11.1 Å². The fourth-order valence-electron chi connectivity index (χ4n) is 3.26. The van der Waals surface area contributed by atoms with E-state index in [1.54, 1.807) is 56.4 Å². The van der Waals surface area contributed by atoms with E-state index in [0.717, 1.165) is 5.57 Å². The number of nitrogens with one attached hydrogen (secondary N) is 1. The number of rotatable bonds is 9. The molecule has 0 saturated carbocycles. The number of esters is 1. The van der Waals surface area contributed by atoms with Crippen LogP contribution in [0.25, 0.3) is 0 Å². The summed E-state index contributed by atoms with van der Waals surface area (Å²) < 4.78 is 9.97. The fourth-order valence-corrected chi connectivity index (χ4v) is 3.26. The average Bonchev–Trinajstić information content (AvgIpc) is 3.44. The van der Waals surface area contributed by atoms with Crippen LogP contribution in [0.4, 0.5) is 0 Å². The van der Waals surface area contributed by atoms with Crippen molar-refractivity contribution in [2.24, 2.45) is 0 Å². The minimum atomic E-state index is -1.74. The summed E-state index contributed by atoms with van der Waals surface area (Å²) in [6.07, 6.45) is 10.6. The van der Waals surface area contributed by atoms with Crippen LogP contribution in [-0.2, 0) is 23.9 Å². The van der Waals surface area contributed by atoms with Gasteiger partial charge in [-0.15, -0.1) is 0 Å². The Morgan fingerprint density at radius 2 is 1.97 bits per heavy atom. The molecule has 3 N–H and O–H groups in total. The highest BCUT2D eigenvalue weighted by molar-refractivity contribution is 6.21. The summed E-state index contributed by atoms with van der Waals surface area (Å²) >= 11 is 0. The van der Waals surface area contributed by atoms with Gasteiger partial charge in [0, 0.05) is 13.0 Å². The highest BCUT2D eigenvalue weighted by atomic mass is 16.6. The van der Waals surface area contributed by atoms with Crippen LogP contribution in [0.2, 0.25) is 0 Å². The molecule has 3 atom stereocenters. The van der Waals surface area contributed by atoms with Crippen molar-refractivity contribution in [3.63, 3.8) is 0 Å². The second-order valence-electron chi connectivity index (χ2n) is 7.13. The van der Waals surface area contributed by atoms with Crippen LogP contribution in [0.15, 0.2) is 59.3 Å². The molecule has 0 aromatic carbocycles. The number of fused-ring (bicyclic) bond motifs is 1. The van der Waals surface area contributed by atoms with Crippen LogP contribution in [0.5, 0.6) is 0 Å². The fraction of sp³-hybridized carbons (Fsp3) is 0.409. The first-order valence-corrected chi connectivity index (χ1v) is 9.49. The number of ketones is 1. The maximum absolute atomic E-state index is 12.7. The smallest absolute Gasteiger partial charge is 0.337 e.